The highest BCUT2D eigenvalue weighted by atomic mass is 16.2. The maximum atomic E-state index is 12.1. The Hall–Kier alpha value is -1.77. The van der Waals surface area contributed by atoms with Crippen molar-refractivity contribution in [2.75, 3.05) is 18.8 Å². The first-order valence-corrected chi connectivity index (χ1v) is 5.51. The topological polar surface area (TPSA) is 46.3 Å². The van der Waals surface area contributed by atoms with Crippen LogP contribution in [0.3, 0.4) is 0 Å². The van der Waals surface area contributed by atoms with Crippen molar-refractivity contribution in [1.29, 1.82) is 0 Å². The monoisotopic (exact) mass is 216 g/mol. The Kier molecular flexibility index (Phi) is 2.95. The lowest BCUT2D eigenvalue weighted by Crippen LogP contribution is -2.37. The fraction of sp³-hybridized carbons (Fsp3) is 0.308. The minimum atomic E-state index is 0.0895. The molecule has 0 radical (unpaired) electrons. The van der Waals surface area contributed by atoms with Crippen LogP contribution in [-0.4, -0.2) is 23.9 Å². The molecule has 1 aromatic rings. The Labute approximate surface area is 95.6 Å². The number of carbonyl (C=O) groups is 1. The van der Waals surface area contributed by atoms with Crippen molar-refractivity contribution < 1.29 is 4.79 Å². The van der Waals surface area contributed by atoms with Gasteiger partial charge in [0.2, 0.25) is 0 Å². The van der Waals surface area contributed by atoms with Crippen LogP contribution < -0.4 is 5.73 Å². The maximum absolute atomic E-state index is 12.1. The number of allylic oxidation sites excluding steroid dienone is 1. The quantitative estimate of drug-likeness (QED) is 0.605. The van der Waals surface area contributed by atoms with Crippen molar-refractivity contribution in [2.24, 2.45) is 0 Å². The highest BCUT2D eigenvalue weighted by molar-refractivity contribution is 5.97. The molecule has 1 aliphatic heterocycles. The number of benzene rings is 1. The summed E-state index contributed by atoms with van der Waals surface area (Å²) >= 11 is 0. The lowest BCUT2D eigenvalue weighted by molar-refractivity contribution is 0.0759. The van der Waals surface area contributed by atoms with E-state index in [1.165, 1.54) is 0 Å². The van der Waals surface area contributed by atoms with E-state index in [-0.39, 0.29) is 5.91 Å². The smallest absolute Gasteiger partial charge is 0.254 e. The number of rotatable bonds is 2. The second-order valence-electron chi connectivity index (χ2n) is 3.99. The van der Waals surface area contributed by atoms with Gasteiger partial charge in [-0.25, -0.2) is 0 Å². The van der Waals surface area contributed by atoms with E-state index >= 15 is 0 Å². The molecule has 0 atom stereocenters. The molecule has 0 unspecified atom stereocenters. The summed E-state index contributed by atoms with van der Waals surface area (Å²) in [4.78, 5) is 14.0. The van der Waals surface area contributed by atoms with Gasteiger partial charge in [-0.2, -0.15) is 0 Å². The largest absolute Gasteiger partial charge is 0.399 e. The standard InChI is InChI=1S/C13H16N2O/c1-2-3-7-15-8-6-10-4-5-11(14)9-12(10)13(15)16/h2-5,9H,6-8,14H2,1H3/b3-2+. The van der Waals surface area contributed by atoms with E-state index in [1.54, 1.807) is 6.07 Å². The Morgan fingerprint density at radius 1 is 1.50 bits per heavy atom. The number of nitrogens with zero attached hydrogens (tertiary/aromatic N) is 1. The fourth-order valence-corrected chi connectivity index (χ4v) is 1.95. The number of fused-ring (bicyclic) bond motifs is 1. The third-order valence-electron chi connectivity index (χ3n) is 2.86. The molecule has 16 heavy (non-hydrogen) atoms. The molecule has 0 spiro atoms. The number of hydrogen-bond donors (Lipinski definition) is 1. The summed E-state index contributed by atoms with van der Waals surface area (Å²) in [5, 5.41) is 0. The molecule has 1 heterocycles. The Bertz CT molecular complexity index is 438. The average Bonchev–Trinajstić information content (AvgIpc) is 2.29. The van der Waals surface area contributed by atoms with Crippen molar-refractivity contribution in [2.45, 2.75) is 13.3 Å². The van der Waals surface area contributed by atoms with E-state index in [2.05, 4.69) is 0 Å². The van der Waals surface area contributed by atoms with Crippen molar-refractivity contribution in [1.82, 2.24) is 4.90 Å². The Morgan fingerprint density at radius 3 is 3.06 bits per heavy atom. The Morgan fingerprint density at radius 2 is 2.31 bits per heavy atom. The predicted molar refractivity (Wildman–Crippen MR) is 65.3 cm³/mol. The van der Waals surface area contributed by atoms with Crippen molar-refractivity contribution >= 4 is 11.6 Å². The summed E-state index contributed by atoms with van der Waals surface area (Å²) in [6.45, 7) is 3.43. The molecule has 1 aliphatic rings. The highest BCUT2D eigenvalue weighted by Crippen LogP contribution is 2.21. The normalized spacial score (nSPS) is 15.6. The van der Waals surface area contributed by atoms with E-state index in [4.69, 9.17) is 5.73 Å². The van der Waals surface area contributed by atoms with E-state index in [9.17, 15) is 4.79 Å². The maximum Gasteiger partial charge on any atom is 0.254 e. The molecule has 0 saturated carbocycles. The zero-order chi connectivity index (χ0) is 11.5. The molecule has 1 amide bonds. The van der Waals surface area contributed by atoms with Gasteiger partial charge in [0, 0.05) is 24.3 Å². The molecule has 0 aliphatic carbocycles. The SMILES string of the molecule is C/C=C/CN1CCc2ccc(N)cc2C1=O. The summed E-state index contributed by atoms with van der Waals surface area (Å²) in [7, 11) is 0. The molecular formula is C13H16N2O. The lowest BCUT2D eigenvalue weighted by atomic mass is 9.98. The van der Waals surface area contributed by atoms with Crippen LogP contribution in [0.15, 0.2) is 30.4 Å². The van der Waals surface area contributed by atoms with Gasteiger partial charge in [-0.15, -0.1) is 0 Å². The van der Waals surface area contributed by atoms with Crippen LogP contribution in [0.5, 0.6) is 0 Å². The molecule has 0 fully saturated rings. The summed E-state index contributed by atoms with van der Waals surface area (Å²) in [5.74, 6) is 0.0895. The summed E-state index contributed by atoms with van der Waals surface area (Å²) in [6, 6.07) is 5.59. The minimum absolute atomic E-state index is 0.0895. The van der Waals surface area contributed by atoms with Crippen LogP contribution >= 0.6 is 0 Å². The van der Waals surface area contributed by atoms with E-state index in [0.717, 1.165) is 24.1 Å². The van der Waals surface area contributed by atoms with Gasteiger partial charge >= 0.3 is 0 Å². The van der Waals surface area contributed by atoms with Gasteiger partial charge in [-0.1, -0.05) is 18.2 Å². The number of carbonyl (C=O) groups excluding carboxylic acids is 1. The number of anilines is 1. The number of nitrogens with two attached hydrogens (primary N) is 1. The zero-order valence-electron chi connectivity index (χ0n) is 9.44. The van der Waals surface area contributed by atoms with Crippen LogP contribution in [-0.2, 0) is 6.42 Å². The van der Waals surface area contributed by atoms with Crippen LogP contribution in [0.4, 0.5) is 5.69 Å². The van der Waals surface area contributed by atoms with Gasteiger partial charge in [-0.05, 0) is 31.0 Å². The molecule has 1 aromatic carbocycles. The summed E-state index contributed by atoms with van der Waals surface area (Å²) in [6.07, 6.45) is 4.87. The van der Waals surface area contributed by atoms with Gasteiger partial charge in [0.15, 0.2) is 0 Å². The number of amides is 1. The molecule has 3 heteroatoms. The van der Waals surface area contributed by atoms with Crippen LogP contribution in [0.1, 0.15) is 22.8 Å². The second kappa shape index (κ2) is 4.39. The van der Waals surface area contributed by atoms with Gasteiger partial charge in [0.05, 0.1) is 0 Å². The number of hydrogen-bond acceptors (Lipinski definition) is 2. The van der Waals surface area contributed by atoms with Crippen LogP contribution in [0.2, 0.25) is 0 Å². The molecule has 2 N–H and O–H groups in total. The zero-order valence-corrected chi connectivity index (χ0v) is 9.44. The first kappa shape index (κ1) is 10.7. The van der Waals surface area contributed by atoms with E-state index in [0.29, 0.717) is 12.2 Å². The first-order chi connectivity index (χ1) is 7.72. The average molecular weight is 216 g/mol. The summed E-state index contributed by atoms with van der Waals surface area (Å²) in [5.41, 5.74) is 8.22. The van der Waals surface area contributed by atoms with Gasteiger partial charge in [0.25, 0.3) is 5.91 Å². The van der Waals surface area contributed by atoms with Crippen molar-refractivity contribution in [3.8, 4) is 0 Å². The third kappa shape index (κ3) is 1.94. The van der Waals surface area contributed by atoms with Gasteiger partial charge in [0.1, 0.15) is 0 Å². The molecule has 0 aromatic heterocycles. The molecule has 3 nitrogen and oxygen atoms in total. The van der Waals surface area contributed by atoms with Crippen molar-refractivity contribution in [3.05, 3.63) is 41.5 Å². The Balaban J connectivity index is 2.27. The summed E-state index contributed by atoms with van der Waals surface area (Å²) < 4.78 is 0. The molecular weight excluding hydrogens is 200 g/mol. The molecule has 0 bridgehead atoms. The van der Waals surface area contributed by atoms with E-state index < -0.39 is 0 Å². The van der Waals surface area contributed by atoms with Gasteiger partial charge in [-0.3, -0.25) is 4.79 Å². The molecule has 0 saturated heterocycles. The number of nitrogen functional groups attached to an aromatic ring is 1. The first-order valence-electron chi connectivity index (χ1n) is 5.51. The lowest BCUT2D eigenvalue weighted by Gasteiger charge is -2.27. The van der Waals surface area contributed by atoms with E-state index in [1.807, 2.05) is 36.1 Å². The predicted octanol–water partition coefficient (Wildman–Crippen LogP) is 1.84. The fourth-order valence-electron chi connectivity index (χ4n) is 1.95. The highest BCUT2D eigenvalue weighted by Gasteiger charge is 2.23. The molecule has 2 rings (SSSR count). The second-order valence-corrected chi connectivity index (χ2v) is 3.99. The minimum Gasteiger partial charge on any atom is -0.399 e. The van der Waals surface area contributed by atoms with Crippen LogP contribution in [0, 0.1) is 0 Å². The van der Waals surface area contributed by atoms with Crippen molar-refractivity contribution in [3.63, 3.8) is 0 Å². The molecule has 84 valence electrons. The third-order valence-corrected chi connectivity index (χ3v) is 2.86. The van der Waals surface area contributed by atoms with Crippen LogP contribution in [0.25, 0.3) is 0 Å². The van der Waals surface area contributed by atoms with Gasteiger partial charge < -0.3 is 10.6 Å².